The van der Waals surface area contributed by atoms with E-state index in [1.54, 1.807) is 0 Å². The summed E-state index contributed by atoms with van der Waals surface area (Å²) >= 11 is 0. The third-order valence-corrected chi connectivity index (χ3v) is 8.87. The van der Waals surface area contributed by atoms with Crippen molar-refractivity contribution in [2.45, 2.75) is 90.9 Å². The molecule has 0 radical (unpaired) electrons. The number of carbonyl (C=O) groups excluding carboxylic acids is 1. The summed E-state index contributed by atoms with van der Waals surface area (Å²) in [7, 11) is -1.55. The Morgan fingerprint density at radius 1 is 0.867 bits per heavy atom. The van der Waals surface area contributed by atoms with E-state index < -0.39 is 18.8 Å². The number of esters is 1. The minimum Gasteiger partial charge on any atom is -0.533 e. The van der Waals surface area contributed by atoms with E-state index in [0.29, 0.717) is 77.0 Å². The molecule has 2 aliphatic heterocycles. The summed E-state index contributed by atoms with van der Waals surface area (Å²) in [6.07, 6.45) is 4.83. The molecule has 9 nitrogen and oxygen atoms in total. The molecule has 0 atom stereocenters. The summed E-state index contributed by atoms with van der Waals surface area (Å²) in [6, 6.07) is 4.07. The molecular weight excluding hydrogens is 580 g/mol. The van der Waals surface area contributed by atoms with Crippen molar-refractivity contribution in [3.05, 3.63) is 40.1 Å². The fourth-order valence-electron chi connectivity index (χ4n) is 6.78. The number of benzene rings is 1. The van der Waals surface area contributed by atoms with E-state index in [4.69, 9.17) is 33.1 Å². The predicted molar refractivity (Wildman–Crippen MR) is 172 cm³/mol. The second-order valence-corrected chi connectivity index (χ2v) is 12.4. The standard InChI is InChI=1S/C34H53BFNO8/c1-6-39-17-18-41-21-22-42-20-19-40-16-15-37-13-9-29(10-14-37)43-28-7-11-34(12-8-28)32(45-35(5)36)31(33(38)44-34)30-26(3)23-25(2)24-27(30)4/h23-24,28-29H,6-22H2,1-5H3. The maximum Gasteiger partial charge on any atom is 0.561 e. The van der Waals surface area contributed by atoms with Crippen molar-refractivity contribution in [3.8, 4) is 0 Å². The maximum absolute atomic E-state index is 14.3. The van der Waals surface area contributed by atoms with Gasteiger partial charge >= 0.3 is 13.2 Å². The van der Waals surface area contributed by atoms with Gasteiger partial charge in [-0.05, 0) is 89.7 Å². The minimum atomic E-state index is -1.55. The number of ether oxygens (including phenoxy) is 6. The topological polar surface area (TPSA) is 84.9 Å². The second-order valence-electron chi connectivity index (χ2n) is 12.4. The Labute approximate surface area is 269 Å². The van der Waals surface area contributed by atoms with E-state index in [1.807, 2.05) is 39.8 Å². The highest BCUT2D eigenvalue weighted by molar-refractivity contribution is 6.42. The van der Waals surface area contributed by atoms with Crippen LogP contribution in [0, 0.1) is 20.8 Å². The minimum absolute atomic E-state index is 0.0835. The van der Waals surface area contributed by atoms with Gasteiger partial charge in [-0.15, -0.1) is 0 Å². The van der Waals surface area contributed by atoms with E-state index >= 15 is 0 Å². The molecule has 1 aliphatic carbocycles. The van der Waals surface area contributed by atoms with Gasteiger partial charge in [0.25, 0.3) is 0 Å². The van der Waals surface area contributed by atoms with Crippen molar-refractivity contribution in [1.82, 2.24) is 4.90 Å². The number of rotatable bonds is 18. The van der Waals surface area contributed by atoms with Gasteiger partial charge in [0.2, 0.25) is 0 Å². The van der Waals surface area contributed by atoms with E-state index in [9.17, 15) is 9.11 Å². The fraction of sp³-hybridized carbons (Fsp3) is 0.735. The molecule has 1 aromatic rings. The molecule has 0 unspecified atom stereocenters. The Morgan fingerprint density at radius 3 is 1.96 bits per heavy atom. The lowest BCUT2D eigenvalue weighted by Gasteiger charge is -2.40. The molecule has 0 bridgehead atoms. The Bertz CT molecular complexity index is 1090. The van der Waals surface area contributed by atoms with Gasteiger partial charge in [0, 0.05) is 26.2 Å². The number of hydrogen-bond acceptors (Lipinski definition) is 9. The van der Waals surface area contributed by atoms with Crippen LogP contribution in [0.3, 0.4) is 0 Å². The first kappa shape index (κ1) is 35.8. The lowest BCUT2D eigenvalue weighted by molar-refractivity contribution is -0.154. The zero-order valence-electron chi connectivity index (χ0n) is 28.0. The van der Waals surface area contributed by atoms with Gasteiger partial charge < -0.3 is 38.0 Å². The largest absolute Gasteiger partial charge is 0.561 e. The van der Waals surface area contributed by atoms with Crippen molar-refractivity contribution in [2.24, 2.45) is 0 Å². The smallest absolute Gasteiger partial charge is 0.533 e. The van der Waals surface area contributed by atoms with Crippen molar-refractivity contribution < 1.29 is 42.2 Å². The van der Waals surface area contributed by atoms with E-state index in [0.717, 1.165) is 67.6 Å². The van der Waals surface area contributed by atoms with E-state index in [1.165, 1.54) is 6.82 Å². The van der Waals surface area contributed by atoms with Crippen LogP contribution < -0.4 is 0 Å². The molecule has 11 heteroatoms. The van der Waals surface area contributed by atoms with Gasteiger partial charge in [0.05, 0.1) is 58.5 Å². The molecule has 252 valence electrons. The van der Waals surface area contributed by atoms with Crippen LogP contribution in [-0.2, 0) is 37.9 Å². The van der Waals surface area contributed by atoms with Gasteiger partial charge in [0.1, 0.15) is 11.3 Å². The average molecular weight is 634 g/mol. The Balaban J connectivity index is 1.17. The van der Waals surface area contributed by atoms with E-state index in [-0.39, 0.29) is 12.2 Å². The zero-order chi connectivity index (χ0) is 32.2. The SMILES string of the molecule is CCOCCOCCOCCOCCN1CCC(OC2CCC3(CC2)OC(=O)C(c2c(C)cc(C)cc2C)=C3OB(C)F)CC1. The third-order valence-electron chi connectivity index (χ3n) is 8.87. The Kier molecular flexibility index (Phi) is 14.2. The summed E-state index contributed by atoms with van der Waals surface area (Å²) in [5.74, 6) is -0.0805. The van der Waals surface area contributed by atoms with Crippen molar-refractivity contribution in [1.29, 1.82) is 0 Å². The van der Waals surface area contributed by atoms with Crippen LogP contribution in [-0.4, -0.2) is 108 Å². The average Bonchev–Trinajstić information content (AvgIpc) is 3.24. The van der Waals surface area contributed by atoms with Crippen LogP contribution in [0.25, 0.3) is 5.57 Å². The molecule has 45 heavy (non-hydrogen) atoms. The first-order valence-corrected chi connectivity index (χ1v) is 16.8. The summed E-state index contributed by atoms with van der Waals surface area (Å²) in [5.41, 5.74) is 3.25. The van der Waals surface area contributed by atoms with E-state index in [2.05, 4.69) is 4.90 Å². The summed E-state index contributed by atoms with van der Waals surface area (Å²) in [4.78, 5) is 15.7. The first-order valence-electron chi connectivity index (χ1n) is 16.8. The predicted octanol–water partition coefficient (Wildman–Crippen LogP) is 5.23. The van der Waals surface area contributed by atoms with Crippen molar-refractivity contribution in [3.63, 3.8) is 0 Å². The number of likely N-dealkylation sites (tertiary alicyclic amines) is 1. The van der Waals surface area contributed by atoms with Crippen molar-refractivity contribution in [2.75, 3.05) is 72.5 Å². The monoisotopic (exact) mass is 633 g/mol. The van der Waals surface area contributed by atoms with Crippen LogP contribution in [0.4, 0.5) is 4.32 Å². The lowest BCUT2D eigenvalue weighted by atomic mass is 9.79. The molecule has 0 aromatic heterocycles. The van der Waals surface area contributed by atoms with Crippen LogP contribution >= 0.6 is 0 Å². The molecular formula is C34H53BFNO8. The molecule has 1 saturated carbocycles. The number of halogens is 1. The van der Waals surface area contributed by atoms with Gasteiger partial charge in [-0.2, -0.15) is 0 Å². The summed E-state index contributed by atoms with van der Waals surface area (Å²) in [6.45, 7) is 17.0. The molecule has 4 rings (SSSR count). The Hall–Kier alpha value is -2.02. The highest BCUT2D eigenvalue weighted by atomic mass is 19.1. The molecule has 0 amide bonds. The molecule has 1 saturated heterocycles. The molecule has 0 N–H and O–H groups in total. The molecule has 1 aromatic carbocycles. The van der Waals surface area contributed by atoms with Gasteiger partial charge in [-0.1, -0.05) is 17.7 Å². The Morgan fingerprint density at radius 2 is 1.40 bits per heavy atom. The van der Waals surface area contributed by atoms with Crippen LogP contribution in [0.2, 0.25) is 6.82 Å². The first-order chi connectivity index (χ1) is 21.7. The fourth-order valence-corrected chi connectivity index (χ4v) is 6.78. The second kappa shape index (κ2) is 17.8. The normalized spacial score (nSPS) is 22.8. The van der Waals surface area contributed by atoms with Gasteiger partial charge in [-0.25, -0.2) is 4.79 Å². The molecule has 1 spiro atoms. The summed E-state index contributed by atoms with van der Waals surface area (Å²) < 4.78 is 54.6. The van der Waals surface area contributed by atoms with Crippen LogP contribution in [0.5, 0.6) is 0 Å². The van der Waals surface area contributed by atoms with Crippen LogP contribution in [0.15, 0.2) is 17.9 Å². The van der Waals surface area contributed by atoms with Gasteiger partial charge in [-0.3, -0.25) is 4.32 Å². The number of piperidine rings is 1. The van der Waals surface area contributed by atoms with Gasteiger partial charge in [0.15, 0.2) is 5.60 Å². The quantitative estimate of drug-likeness (QED) is 0.123. The highest BCUT2D eigenvalue weighted by Crippen LogP contribution is 2.49. The molecule has 2 fully saturated rings. The zero-order valence-corrected chi connectivity index (χ0v) is 28.0. The summed E-state index contributed by atoms with van der Waals surface area (Å²) in [5, 5.41) is 0. The van der Waals surface area contributed by atoms with Crippen LogP contribution in [0.1, 0.15) is 67.7 Å². The highest BCUT2D eigenvalue weighted by Gasteiger charge is 2.52. The number of nitrogens with zero attached hydrogens (tertiary/aromatic N) is 1. The van der Waals surface area contributed by atoms with Crippen molar-refractivity contribution >= 4 is 18.7 Å². The maximum atomic E-state index is 14.3. The number of hydrogen-bond donors (Lipinski definition) is 0. The lowest BCUT2D eigenvalue weighted by Crippen LogP contribution is -2.43. The number of aryl methyl sites for hydroxylation is 3. The molecule has 2 heterocycles. The number of carbonyl (C=O) groups is 1. The third kappa shape index (κ3) is 10.2. The molecule has 3 aliphatic rings.